The standard InChI is InChI=1S/C27H38N4O4/c1-33-21-6-7-24-22(18-21)25(30-10-8-27(9-11-30)34-16-17-35-27)23(19-28-24)26(32)31-14-12-29(13-15-31)20-4-2-3-5-20/h6-7,18-20,26,32H,2-5,8-17H2,1H3. The van der Waals surface area contributed by atoms with Crippen molar-refractivity contribution in [3.05, 3.63) is 30.0 Å². The minimum Gasteiger partial charge on any atom is -0.497 e. The number of aliphatic hydroxyl groups excluding tert-OH is 1. The second-order valence-corrected chi connectivity index (χ2v) is 10.4. The third kappa shape index (κ3) is 4.51. The largest absolute Gasteiger partial charge is 0.497 e. The molecule has 8 nitrogen and oxygen atoms in total. The van der Waals surface area contributed by atoms with Gasteiger partial charge in [-0.3, -0.25) is 14.8 Å². The van der Waals surface area contributed by atoms with Gasteiger partial charge in [-0.15, -0.1) is 0 Å². The number of benzene rings is 1. The quantitative estimate of drug-likeness (QED) is 0.697. The molecular weight excluding hydrogens is 444 g/mol. The monoisotopic (exact) mass is 482 g/mol. The van der Waals surface area contributed by atoms with Crippen LogP contribution in [0.15, 0.2) is 24.4 Å². The topological polar surface area (TPSA) is 70.5 Å². The van der Waals surface area contributed by atoms with Crippen LogP contribution in [0.5, 0.6) is 5.75 Å². The first-order chi connectivity index (χ1) is 17.2. The predicted molar refractivity (Wildman–Crippen MR) is 135 cm³/mol. The van der Waals surface area contributed by atoms with Crippen molar-refractivity contribution in [3.8, 4) is 5.75 Å². The summed E-state index contributed by atoms with van der Waals surface area (Å²) in [6.07, 6.45) is 8.19. The highest BCUT2D eigenvalue weighted by Crippen LogP contribution is 2.40. The number of aliphatic hydroxyl groups is 1. The van der Waals surface area contributed by atoms with Crippen molar-refractivity contribution in [3.63, 3.8) is 0 Å². The van der Waals surface area contributed by atoms with Crippen LogP contribution in [-0.2, 0) is 9.47 Å². The highest BCUT2D eigenvalue weighted by atomic mass is 16.7. The lowest BCUT2D eigenvalue weighted by Crippen LogP contribution is -2.51. The molecule has 0 radical (unpaired) electrons. The Balaban J connectivity index is 1.28. The van der Waals surface area contributed by atoms with Gasteiger partial charge in [0.2, 0.25) is 0 Å². The van der Waals surface area contributed by atoms with E-state index < -0.39 is 12.0 Å². The summed E-state index contributed by atoms with van der Waals surface area (Å²) in [5, 5.41) is 12.7. The molecule has 2 aromatic rings. The normalized spacial score (nSPS) is 25.0. The molecule has 1 atom stereocenters. The molecule has 3 aliphatic heterocycles. The number of ether oxygens (including phenoxy) is 3. The van der Waals surface area contributed by atoms with Gasteiger partial charge in [0.1, 0.15) is 12.0 Å². The number of hydrogen-bond acceptors (Lipinski definition) is 8. The Morgan fingerprint density at radius 3 is 2.43 bits per heavy atom. The highest BCUT2D eigenvalue weighted by Gasteiger charge is 2.41. The molecule has 35 heavy (non-hydrogen) atoms. The average Bonchev–Trinajstić information content (AvgIpc) is 3.61. The number of rotatable bonds is 5. The number of hydrogen-bond donors (Lipinski definition) is 1. The van der Waals surface area contributed by atoms with Crippen LogP contribution in [0.2, 0.25) is 0 Å². The van der Waals surface area contributed by atoms with Gasteiger partial charge in [0, 0.05) is 75.3 Å². The van der Waals surface area contributed by atoms with E-state index in [1.54, 1.807) is 7.11 Å². The van der Waals surface area contributed by atoms with Gasteiger partial charge in [-0.25, -0.2) is 0 Å². The van der Waals surface area contributed by atoms with E-state index in [4.69, 9.17) is 19.2 Å². The Morgan fingerprint density at radius 2 is 1.74 bits per heavy atom. The van der Waals surface area contributed by atoms with Crippen LogP contribution >= 0.6 is 0 Å². The summed E-state index contributed by atoms with van der Waals surface area (Å²) in [6, 6.07) is 6.74. The predicted octanol–water partition coefficient (Wildman–Crippen LogP) is 3.14. The maximum atomic E-state index is 11.7. The third-order valence-corrected chi connectivity index (χ3v) is 8.54. The number of fused-ring (bicyclic) bond motifs is 1. The number of anilines is 1. The summed E-state index contributed by atoms with van der Waals surface area (Å²) in [5.74, 6) is 0.361. The summed E-state index contributed by atoms with van der Waals surface area (Å²) < 4.78 is 17.5. The van der Waals surface area contributed by atoms with Gasteiger partial charge in [0.25, 0.3) is 0 Å². The summed E-state index contributed by atoms with van der Waals surface area (Å²) in [7, 11) is 1.69. The van der Waals surface area contributed by atoms with Crippen molar-refractivity contribution >= 4 is 16.6 Å². The van der Waals surface area contributed by atoms with Crippen molar-refractivity contribution in [1.29, 1.82) is 0 Å². The van der Waals surface area contributed by atoms with Crippen molar-refractivity contribution in [1.82, 2.24) is 14.8 Å². The number of nitrogens with zero attached hydrogens (tertiary/aromatic N) is 4. The fraction of sp³-hybridized carbons (Fsp3) is 0.667. The van der Waals surface area contributed by atoms with E-state index in [0.29, 0.717) is 13.2 Å². The van der Waals surface area contributed by atoms with Crippen LogP contribution in [0.3, 0.4) is 0 Å². The van der Waals surface area contributed by atoms with E-state index in [9.17, 15) is 5.11 Å². The van der Waals surface area contributed by atoms with Gasteiger partial charge < -0.3 is 24.2 Å². The molecule has 4 fully saturated rings. The van der Waals surface area contributed by atoms with Crippen LogP contribution in [0.25, 0.3) is 10.9 Å². The molecule has 1 spiro atoms. The zero-order valence-corrected chi connectivity index (χ0v) is 20.8. The van der Waals surface area contributed by atoms with Gasteiger partial charge in [-0.05, 0) is 31.0 Å². The smallest absolute Gasteiger partial charge is 0.171 e. The second-order valence-electron chi connectivity index (χ2n) is 10.4. The fourth-order valence-corrected chi connectivity index (χ4v) is 6.51. The zero-order chi connectivity index (χ0) is 23.8. The number of piperazine rings is 1. The molecule has 4 aliphatic rings. The zero-order valence-electron chi connectivity index (χ0n) is 20.8. The Bertz CT molecular complexity index is 1020. The summed E-state index contributed by atoms with van der Waals surface area (Å²) in [6.45, 7) is 6.76. The van der Waals surface area contributed by atoms with E-state index in [0.717, 1.165) is 86.1 Å². The molecule has 6 rings (SSSR count). The first-order valence-corrected chi connectivity index (χ1v) is 13.3. The van der Waals surface area contributed by atoms with Crippen molar-refractivity contribution in [2.24, 2.45) is 0 Å². The Morgan fingerprint density at radius 1 is 1.03 bits per heavy atom. The maximum absolute atomic E-state index is 11.7. The number of piperidine rings is 1. The fourth-order valence-electron chi connectivity index (χ4n) is 6.51. The molecule has 1 N–H and O–H groups in total. The summed E-state index contributed by atoms with van der Waals surface area (Å²) in [4.78, 5) is 12.0. The van der Waals surface area contributed by atoms with Gasteiger partial charge >= 0.3 is 0 Å². The lowest BCUT2D eigenvalue weighted by Gasteiger charge is -2.42. The lowest BCUT2D eigenvalue weighted by molar-refractivity contribution is -0.169. The first-order valence-electron chi connectivity index (χ1n) is 13.3. The number of aromatic nitrogens is 1. The van der Waals surface area contributed by atoms with Gasteiger partial charge in [0.15, 0.2) is 5.79 Å². The Labute approximate surface area is 207 Å². The number of pyridine rings is 1. The maximum Gasteiger partial charge on any atom is 0.171 e. The molecule has 1 aliphatic carbocycles. The van der Waals surface area contributed by atoms with E-state index in [1.807, 2.05) is 18.3 Å². The minimum atomic E-state index is -0.686. The van der Waals surface area contributed by atoms with Crippen LogP contribution in [0, 0.1) is 0 Å². The molecule has 0 amide bonds. The van der Waals surface area contributed by atoms with Crippen LogP contribution < -0.4 is 9.64 Å². The van der Waals surface area contributed by atoms with Crippen molar-refractivity contribution < 1.29 is 19.3 Å². The SMILES string of the molecule is COc1ccc2ncc(C(O)N3CCN(C4CCCC4)CC3)c(N3CCC4(CC3)OCCO4)c2c1. The lowest BCUT2D eigenvalue weighted by atomic mass is 9.99. The van der Waals surface area contributed by atoms with Crippen LogP contribution in [0.1, 0.15) is 50.3 Å². The van der Waals surface area contributed by atoms with Crippen molar-refractivity contribution in [2.45, 2.75) is 56.6 Å². The van der Waals surface area contributed by atoms with Gasteiger partial charge in [-0.1, -0.05) is 12.8 Å². The summed E-state index contributed by atoms with van der Waals surface area (Å²) in [5.41, 5.74) is 2.85. The van der Waals surface area contributed by atoms with Crippen molar-refractivity contribution in [2.75, 3.05) is 64.5 Å². The Kier molecular flexibility index (Phi) is 6.58. The van der Waals surface area contributed by atoms with E-state index in [1.165, 1.54) is 25.7 Å². The van der Waals surface area contributed by atoms with E-state index in [2.05, 4.69) is 20.8 Å². The molecule has 1 aromatic heterocycles. The molecule has 4 heterocycles. The minimum absolute atomic E-state index is 0.438. The molecule has 0 bridgehead atoms. The molecular formula is C27H38N4O4. The van der Waals surface area contributed by atoms with Gasteiger partial charge in [0.05, 0.1) is 31.5 Å². The second kappa shape index (κ2) is 9.82. The van der Waals surface area contributed by atoms with Gasteiger partial charge in [-0.2, -0.15) is 0 Å². The first kappa shape index (κ1) is 23.4. The summed E-state index contributed by atoms with van der Waals surface area (Å²) >= 11 is 0. The Hall–Kier alpha value is -1.97. The highest BCUT2D eigenvalue weighted by molar-refractivity contribution is 5.94. The average molecular weight is 483 g/mol. The third-order valence-electron chi connectivity index (χ3n) is 8.54. The van der Waals surface area contributed by atoms with E-state index >= 15 is 0 Å². The molecule has 1 saturated carbocycles. The van der Waals surface area contributed by atoms with Crippen LogP contribution in [0.4, 0.5) is 5.69 Å². The molecule has 3 saturated heterocycles. The molecule has 1 aromatic carbocycles. The molecule has 190 valence electrons. The number of methoxy groups -OCH3 is 1. The van der Waals surface area contributed by atoms with E-state index in [-0.39, 0.29) is 0 Å². The molecule has 1 unspecified atom stereocenters. The van der Waals surface area contributed by atoms with Crippen LogP contribution in [-0.4, -0.2) is 91.3 Å². The molecule has 8 heteroatoms.